The summed E-state index contributed by atoms with van der Waals surface area (Å²) in [5.41, 5.74) is 7.46. The molecule has 3 heterocycles. The van der Waals surface area contributed by atoms with Crippen molar-refractivity contribution in [3.05, 3.63) is 108 Å². The number of nitrogens with zero attached hydrogens (tertiary/aromatic N) is 3. The predicted octanol–water partition coefficient (Wildman–Crippen LogP) is 1.03. The van der Waals surface area contributed by atoms with Crippen LogP contribution in [0.3, 0.4) is 0 Å². The van der Waals surface area contributed by atoms with Gasteiger partial charge in [-0.25, -0.2) is 9.59 Å². The highest BCUT2D eigenvalue weighted by atomic mass is 35.5. The van der Waals surface area contributed by atoms with Crippen LogP contribution in [-0.2, 0) is 57.8 Å². The van der Waals surface area contributed by atoms with Crippen molar-refractivity contribution in [2.24, 2.45) is 5.73 Å². The monoisotopic (exact) mass is 995 g/mol. The van der Waals surface area contributed by atoms with Crippen LogP contribution in [0.1, 0.15) is 37.5 Å². The van der Waals surface area contributed by atoms with Crippen LogP contribution in [0.5, 0.6) is 0 Å². The molecule has 0 aliphatic carbocycles. The highest BCUT2D eigenvalue weighted by Gasteiger charge is 2.34. The highest BCUT2D eigenvalue weighted by molar-refractivity contribution is 5.86. The zero-order chi connectivity index (χ0) is 50.5. The number of aliphatic hydroxyl groups excluding tert-OH is 4. The number of aliphatic hydroxyl groups is 4. The maximum Gasteiger partial charge on any atom is 0.410 e. The van der Waals surface area contributed by atoms with Gasteiger partial charge in [0.2, 0.25) is 5.91 Å². The molecule has 386 valence electrons. The number of hydrogen-bond donors (Lipinski definition) is 9. The minimum Gasteiger partial charge on any atom is -0.480 e. The van der Waals surface area contributed by atoms with Gasteiger partial charge in [0.15, 0.2) is 6.04 Å². The molecular formula is C47H70ClN5O16. The van der Waals surface area contributed by atoms with Crippen molar-refractivity contribution in [1.82, 2.24) is 20.0 Å². The van der Waals surface area contributed by atoms with E-state index < -0.39 is 54.8 Å². The molecule has 0 bridgehead atoms. The third-order valence-electron chi connectivity index (χ3n) is 9.92. The zero-order valence-corrected chi connectivity index (χ0v) is 40.1. The molecule has 5 atom stereocenters. The van der Waals surface area contributed by atoms with Crippen LogP contribution in [0.4, 0.5) is 4.79 Å². The Labute approximate surface area is 408 Å². The summed E-state index contributed by atoms with van der Waals surface area (Å²) in [6.45, 7) is 9.93. The van der Waals surface area contributed by atoms with Crippen molar-refractivity contribution in [3.63, 3.8) is 0 Å². The Balaban J connectivity index is 0.000000439. The van der Waals surface area contributed by atoms with Crippen LogP contribution in [0.15, 0.2) is 91.0 Å². The molecule has 3 aliphatic rings. The largest absolute Gasteiger partial charge is 0.480 e. The molecule has 3 aromatic carbocycles. The molecule has 3 aromatic rings. The van der Waals surface area contributed by atoms with Crippen molar-refractivity contribution in [2.75, 3.05) is 79.2 Å². The Morgan fingerprint density at radius 3 is 1.67 bits per heavy atom. The number of halogens is 1. The summed E-state index contributed by atoms with van der Waals surface area (Å²) in [7, 11) is 0. The van der Waals surface area contributed by atoms with E-state index in [0.717, 1.165) is 30.8 Å². The number of benzene rings is 3. The van der Waals surface area contributed by atoms with E-state index in [-0.39, 0.29) is 62.9 Å². The first-order valence-electron chi connectivity index (χ1n) is 21.9. The topological polar surface area (TPSA) is 312 Å². The number of carbonyl (C=O) groups is 5. The lowest BCUT2D eigenvalue weighted by molar-refractivity contribution is -0.163. The van der Waals surface area contributed by atoms with Gasteiger partial charge in [0.25, 0.3) is 0 Å². The van der Waals surface area contributed by atoms with Crippen LogP contribution in [0.25, 0.3) is 0 Å². The fraction of sp³-hybridized carbons (Fsp3) is 0.511. The van der Waals surface area contributed by atoms with Crippen molar-refractivity contribution in [2.45, 2.75) is 76.2 Å². The number of carboxylic acid groups (broad SMARTS) is 3. The Morgan fingerprint density at radius 1 is 0.710 bits per heavy atom. The molecule has 0 radical (unpaired) electrons. The van der Waals surface area contributed by atoms with Crippen LogP contribution in [-0.4, -0.2) is 195 Å². The SMILES string of the molecule is CC(C)(C)OC(=O)N1CCOC[C@H]1CO.Cl.N[C@@H](CO)C(=O)O.O=C(O)[C@@H]1COCC(=O)N1Cc1ccccc1.O=C(O)[C@H](CO)NCc1ccccc1.OC[C@@H]1COCCN1Cc1ccccc1. The van der Waals surface area contributed by atoms with Crippen molar-refractivity contribution < 1.29 is 78.7 Å². The number of carboxylic acids is 3. The smallest absolute Gasteiger partial charge is 0.410 e. The number of aliphatic carboxylic acids is 3. The Bertz CT molecular complexity index is 1900. The van der Waals surface area contributed by atoms with Gasteiger partial charge in [0.1, 0.15) is 24.3 Å². The Morgan fingerprint density at radius 2 is 1.22 bits per heavy atom. The van der Waals surface area contributed by atoms with Gasteiger partial charge in [-0.3, -0.25) is 29.5 Å². The van der Waals surface area contributed by atoms with E-state index in [9.17, 15) is 29.1 Å². The lowest BCUT2D eigenvalue weighted by Gasteiger charge is -2.35. The number of nitrogens with one attached hydrogen (secondary N) is 1. The summed E-state index contributed by atoms with van der Waals surface area (Å²) in [5.74, 6) is -3.53. The molecule has 3 saturated heterocycles. The standard InChI is InChI=1S/C12H13NO4.C12H17NO2.C10H19NO4.C10H13NO3.C3H7NO3.ClH/c14-11-8-17-7-10(12(15)16)13(11)6-9-4-2-1-3-5-9;14-9-12-10-15-7-6-13(12)8-11-4-2-1-3-5-11;1-10(2,3)15-9(13)11-4-5-14-7-8(11)6-12;12-7-9(10(13)14)11-6-8-4-2-1-3-5-8;4-2(1-5)3(6)7;/h1-5,10H,6-8H2,(H,15,16);1-5,12,14H,6-10H2;8,12H,4-7H2,1-3H3;1-5,9,11-12H,6-7H2,(H,13,14);2,5H,1,4H2,(H,6,7);1H/t10-;12-;8-;9-;2-;/m01100./s1. The van der Waals surface area contributed by atoms with E-state index in [4.69, 9.17) is 55.3 Å². The van der Waals surface area contributed by atoms with Crippen molar-refractivity contribution in [3.8, 4) is 0 Å². The molecule has 22 heteroatoms. The van der Waals surface area contributed by atoms with E-state index >= 15 is 0 Å². The molecule has 0 saturated carbocycles. The van der Waals surface area contributed by atoms with Gasteiger partial charge in [-0.05, 0) is 37.5 Å². The van der Waals surface area contributed by atoms with Gasteiger partial charge in [0.05, 0.1) is 71.5 Å². The summed E-state index contributed by atoms with van der Waals surface area (Å²) >= 11 is 0. The molecular weight excluding hydrogens is 926 g/mol. The molecule has 10 N–H and O–H groups in total. The second-order valence-corrected chi connectivity index (χ2v) is 16.4. The highest BCUT2D eigenvalue weighted by Crippen LogP contribution is 2.16. The summed E-state index contributed by atoms with van der Waals surface area (Å²) in [6.07, 6.45) is -0.384. The van der Waals surface area contributed by atoms with E-state index in [1.807, 2.05) is 99.6 Å². The fourth-order valence-electron chi connectivity index (χ4n) is 6.18. The molecule has 0 aromatic heterocycles. The molecule has 0 spiro atoms. The molecule has 3 fully saturated rings. The van der Waals surface area contributed by atoms with E-state index in [0.29, 0.717) is 39.5 Å². The first-order chi connectivity index (χ1) is 32.4. The zero-order valence-electron chi connectivity index (χ0n) is 39.3. The molecule has 21 nitrogen and oxygen atoms in total. The summed E-state index contributed by atoms with van der Waals surface area (Å²) < 4.78 is 20.7. The summed E-state index contributed by atoms with van der Waals surface area (Å²) in [5, 5.41) is 63.3. The van der Waals surface area contributed by atoms with E-state index in [1.165, 1.54) is 15.4 Å². The average molecular weight is 997 g/mol. The molecule has 69 heavy (non-hydrogen) atoms. The third-order valence-corrected chi connectivity index (χ3v) is 9.92. The second kappa shape index (κ2) is 34.1. The predicted molar refractivity (Wildman–Crippen MR) is 254 cm³/mol. The third kappa shape index (κ3) is 24.7. The molecule has 0 unspecified atom stereocenters. The Kier molecular flexibility index (Phi) is 30.5. The normalized spacial score (nSPS) is 18.8. The molecule has 6 rings (SSSR count). The minimum atomic E-state index is -1.18. The van der Waals surface area contributed by atoms with Crippen molar-refractivity contribution in [1.29, 1.82) is 0 Å². The number of amides is 2. The van der Waals surface area contributed by atoms with Gasteiger partial charge in [-0.15, -0.1) is 12.4 Å². The number of rotatable bonds is 14. The molecule has 3 aliphatic heterocycles. The first kappa shape index (κ1) is 61.7. The first-order valence-corrected chi connectivity index (χ1v) is 21.9. The summed E-state index contributed by atoms with van der Waals surface area (Å²) in [4.78, 5) is 59.7. The lowest BCUT2D eigenvalue weighted by Crippen LogP contribution is -2.52. The molecule has 2 amide bonds. The number of morpholine rings is 3. The van der Waals surface area contributed by atoms with Gasteiger partial charge in [-0.2, -0.15) is 0 Å². The average Bonchev–Trinajstić information content (AvgIpc) is 3.33. The van der Waals surface area contributed by atoms with Crippen LogP contribution in [0.2, 0.25) is 0 Å². The number of ether oxygens (including phenoxy) is 4. The van der Waals surface area contributed by atoms with Gasteiger partial charge in [-0.1, -0.05) is 91.0 Å². The quantitative estimate of drug-likeness (QED) is 0.109. The Hall–Kier alpha value is -5.30. The summed E-state index contributed by atoms with van der Waals surface area (Å²) in [6, 6.07) is 26.1. The maximum atomic E-state index is 11.7. The van der Waals surface area contributed by atoms with E-state index in [2.05, 4.69) is 22.3 Å². The van der Waals surface area contributed by atoms with Crippen LogP contribution >= 0.6 is 12.4 Å². The van der Waals surface area contributed by atoms with Gasteiger partial charge < -0.3 is 65.3 Å². The maximum absolute atomic E-state index is 11.7. The van der Waals surface area contributed by atoms with Gasteiger partial charge >= 0.3 is 24.0 Å². The minimum absolute atomic E-state index is 0. The number of carbonyl (C=O) groups excluding carboxylic acids is 2. The lowest BCUT2D eigenvalue weighted by atomic mass is 10.1. The fourth-order valence-corrected chi connectivity index (χ4v) is 6.18. The van der Waals surface area contributed by atoms with E-state index in [1.54, 1.807) is 0 Å². The van der Waals surface area contributed by atoms with Crippen LogP contribution < -0.4 is 11.1 Å². The van der Waals surface area contributed by atoms with Crippen molar-refractivity contribution >= 4 is 42.3 Å². The van der Waals surface area contributed by atoms with Gasteiger partial charge in [0, 0.05) is 32.7 Å². The second-order valence-electron chi connectivity index (χ2n) is 16.4. The number of nitrogens with two attached hydrogens (primary N) is 1. The number of hydrogen-bond acceptors (Lipinski definition) is 16. The van der Waals surface area contributed by atoms with Crippen LogP contribution in [0, 0.1) is 0 Å².